The van der Waals surface area contributed by atoms with Crippen molar-refractivity contribution in [1.29, 1.82) is 0 Å². The van der Waals surface area contributed by atoms with Gasteiger partial charge in [-0.2, -0.15) is 0 Å². The van der Waals surface area contributed by atoms with Crippen LogP contribution in [0.3, 0.4) is 0 Å². The first kappa shape index (κ1) is 7.56. The van der Waals surface area contributed by atoms with Crippen LogP contribution in [-0.4, -0.2) is 18.6 Å². The molecule has 2 fully saturated rings. The smallest absolute Gasteiger partial charge is 0.0305 e. The van der Waals surface area contributed by atoms with Crippen LogP contribution in [0.25, 0.3) is 0 Å². The average Bonchev–Trinajstić information content (AvgIpc) is 2.85. The summed E-state index contributed by atoms with van der Waals surface area (Å²) in [6.07, 6.45) is 4.02. The van der Waals surface area contributed by atoms with Gasteiger partial charge in [0.25, 0.3) is 0 Å². The van der Waals surface area contributed by atoms with E-state index < -0.39 is 0 Å². The molecule has 2 unspecified atom stereocenters. The summed E-state index contributed by atoms with van der Waals surface area (Å²) in [4.78, 5) is 0. The highest BCUT2D eigenvalue weighted by atomic mass is 15.0. The molecule has 0 bridgehead atoms. The van der Waals surface area contributed by atoms with Gasteiger partial charge in [-0.3, -0.25) is 0 Å². The van der Waals surface area contributed by atoms with Crippen LogP contribution in [0.4, 0.5) is 0 Å². The number of hydrogen-bond acceptors (Lipinski definition) is 2. The Morgan fingerprint density at radius 3 is 2.55 bits per heavy atom. The number of nitrogens with one attached hydrogen (secondary N) is 1. The van der Waals surface area contributed by atoms with Gasteiger partial charge in [0.1, 0.15) is 0 Å². The highest BCUT2D eigenvalue weighted by Gasteiger charge is 2.42. The first-order valence-electron chi connectivity index (χ1n) is 4.71. The quantitative estimate of drug-likeness (QED) is 0.626. The molecule has 0 aliphatic heterocycles. The summed E-state index contributed by atoms with van der Waals surface area (Å²) in [5, 5.41) is 3.59. The molecule has 0 heterocycles. The van der Waals surface area contributed by atoms with Gasteiger partial charge < -0.3 is 11.1 Å². The second kappa shape index (κ2) is 2.46. The molecule has 2 saturated carbocycles. The van der Waals surface area contributed by atoms with E-state index in [2.05, 4.69) is 12.2 Å². The van der Waals surface area contributed by atoms with E-state index in [0.29, 0.717) is 5.54 Å². The molecule has 3 N–H and O–H groups in total. The molecule has 0 spiro atoms. The Bertz CT molecular complexity index is 152. The van der Waals surface area contributed by atoms with E-state index in [1.165, 1.54) is 25.8 Å². The lowest BCUT2D eigenvalue weighted by Crippen LogP contribution is -2.39. The van der Waals surface area contributed by atoms with Crippen molar-refractivity contribution in [3.63, 3.8) is 0 Å². The third-order valence-corrected chi connectivity index (χ3v) is 3.26. The van der Waals surface area contributed by atoms with Gasteiger partial charge in [-0.25, -0.2) is 0 Å². The minimum atomic E-state index is 0.377. The van der Waals surface area contributed by atoms with Crippen molar-refractivity contribution < 1.29 is 0 Å². The minimum absolute atomic E-state index is 0.377. The lowest BCUT2D eigenvalue weighted by Gasteiger charge is -2.13. The molecule has 2 aliphatic rings. The van der Waals surface area contributed by atoms with Crippen molar-refractivity contribution in [3.8, 4) is 0 Å². The van der Waals surface area contributed by atoms with Crippen LogP contribution in [0, 0.1) is 11.8 Å². The molecule has 0 amide bonds. The third-order valence-electron chi connectivity index (χ3n) is 3.26. The van der Waals surface area contributed by atoms with Crippen molar-refractivity contribution in [2.45, 2.75) is 31.7 Å². The lowest BCUT2D eigenvalue weighted by molar-refractivity contribution is 0.481. The van der Waals surface area contributed by atoms with Crippen molar-refractivity contribution in [2.75, 3.05) is 13.1 Å². The molecule has 11 heavy (non-hydrogen) atoms. The van der Waals surface area contributed by atoms with Crippen LogP contribution < -0.4 is 11.1 Å². The zero-order valence-corrected chi connectivity index (χ0v) is 7.27. The number of rotatable bonds is 4. The summed E-state index contributed by atoms with van der Waals surface area (Å²) < 4.78 is 0. The van der Waals surface area contributed by atoms with Crippen molar-refractivity contribution in [1.82, 2.24) is 5.32 Å². The van der Waals surface area contributed by atoms with E-state index in [9.17, 15) is 0 Å². The van der Waals surface area contributed by atoms with E-state index in [-0.39, 0.29) is 0 Å². The van der Waals surface area contributed by atoms with Crippen molar-refractivity contribution in [2.24, 2.45) is 17.6 Å². The summed E-state index contributed by atoms with van der Waals surface area (Å²) in [6.45, 7) is 4.36. The normalized spacial score (nSPS) is 38.7. The van der Waals surface area contributed by atoms with Crippen molar-refractivity contribution in [3.05, 3.63) is 0 Å². The van der Waals surface area contributed by atoms with Gasteiger partial charge >= 0.3 is 0 Å². The molecule has 2 heteroatoms. The molecule has 0 aromatic carbocycles. The summed E-state index contributed by atoms with van der Waals surface area (Å²) in [6, 6.07) is 0. The second-order valence-electron chi connectivity index (χ2n) is 4.34. The maximum Gasteiger partial charge on any atom is 0.0305 e. The molecule has 64 valence electrons. The Balaban J connectivity index is 1.66. The highest BCUT2D eigenvalue weighted by Crippen LogP contribution is 2.40. The van der Waals surface area contributed by atoms with Crippen LogP contribution >= 0.6 is 0 Å². The maximum atomic E-state index is 5.65. The highest BCUT2D eigenvalue weighted by molar-refractivity contribution is 5.04. The Morgan fingerprint density at radius 2 is 2.18 bits per heavy atom. The van der Waals surface area contributed by atoms with Crippen LogP contribution in [0.2, 0.25) is 0 Å². The molecular formula is C9H18N2. The molecule has 2 atom stereocenters. The molecule has 0 radical (unpaired) electrons. The summed E-state index contributed by atoms with van der Waals surface area (Å²) >= 11 is 0. The molecule has 2 nitrogen and oxygen atoms in total. The first-order chi connectivity index (χ1) is 5.26. The predicted octanol–water partition coefficient (Wildman–Crippen LogP) is 0.723. The van der Waals surface area contributed by atoms with Crippen LogP contribution in [0.15, 0.2) is 0 Å². The van der Waals surface area contributed by atoms with Gasteiger partial charge in [0.15, 0.2) is 0 Å². The second-order valence-corrected chi connectivity index (χ2v) is 4.34. The van der Waals surface area contributed by atoms with E-state index in [4.69, 9.17) is 5.73 Å². The number of hydrogen-bond donors (Lipinski definition) is 2. The fourth-order valence-electron chi connectivity index (χ4n) is 1.64. The molecular weight excluding hydrogens is 136 g/mol. The van der Waals surface area contributed by atoms with Gasteiger partial charge in [0.2, 0.25) is 0 Å². The predicted molar refractivity (Wildman–Crippen MR) is 46.3 cm³/mol. The van der Waals surface area contributed by atoms with Crippen LogP contribution in [0.1, 0.15) is 26.2 Å². The third kappa shape index (κ3) is 1.57. The average molecular weight is 154 g/mol. The van der Waals surface area contributed by atoms with Crippen LogP contribution in [0.5, 0.6) is 0 Å². The molecule has 2 rings (SSSR count). The zero-order chi connectivity index (χ0) is 7.90. The van der Waals surface area contributed by atoms with E-state index in [1.807, 2.05) is 0 Å². The Labute approximate surface area is 68.5 Å². The van der Waals surface area contributed by atoms with Crippen molar-refractivity contribution >= 4 is 0 Å². The fourth-order valence-corrected chi connectivity index (χ4v) is 1.64. The minimum Gasteiger partial charge on any atom is -0.329 e. The number of nitrogens with two attached hydrogens (primary N) is 1. The summed E-state index contributed by atoms with van der Waals surface area (Å²) in [7, 11) is 0. The van der Waals surface area contributed by atoms with Gasteiger partial charge in [-0.05, 0) is 37.6 Å². The Hall–Kier alpha value is -0.0800. The van der Waals surface area contributed by atoms with E-state index in [0.717, 1.165) is 18.4 Å². The Kier molecular flexibility index (Phi) is 1.69. The monoisotopic (exact) mass is 154 g/mol. The molecule has 0 aromatic rings. The molecule has 0 aromatic heterocycles. The standard InChI is InChI=1S/C9H18N2/c1-7-4-8(7)5-11-9(6-10)2-3-9/h7-8,11H,2-6,10H2,1H3. The van der Waals surface area contributed by atoms with Gasteiger partial charge in [0, 0.05) is 12.1 Å². The van der Waals surface area contributed by atoms with Gasteiger partial charge in [-0.1, -0.05) is 6.92 Å². The van der Waals surface area contributed by atoms with E-state index in [1.54, 1.807) is 0 Å². The largest absolute Gasteiger partial charge is 0.329 e. The first-order valence-corrected chi connectivity index (χ1v) is 4.71. The van der Waals surface area contributed by atoms with Gasteiger partial charge in [0.05, 0.1) is 0 Å². The lowest BCUT2D eigenvalue weighted by atomic mass is 10.2. The van der Waals surface area contributed by atoms with Gasteiger partial charge in [-0.15, -0.1) is 0 Å². The molecule has 0 saturated heterocycles. The Morgan fingerprint density at radius 1 is 1.55 bits per heavy atom. The van der Waals surface area contributed by atoms with E-state index >= 15 is 0 Å². The topological polar surface area (TPSA) is 38.0 Å². The zero-order valence-electron chi connectivity index (χ0n) is 7.27. The SMILES string of the molecule is CC1CC1CNC1(CN)CC1. The summed E-state index contributed by atoms with van der Waals surface area (Å²) in [5.41, 5.74) is 6.02. The van der Waals surface area contributed by atoms with Crippen LogP contribution in [-0.2, 0) is 0 Å². The molecule has 2 aliphatic carbocycles. The maximum absolute atomic E-state index is 5.65. The summed E-state index contributed by atoms with van der Waals surface area (Å²) in [5.74, 6) is 1.93. The fraction of sp³-hybridized carbons (Fsp3) is 1.00.